The second kappa shape index (κ2) is 2.68. The SMILES string of the molecule is CC1(C)C2CN(c3cc(F)ncn3)CC21. The highest BCUT2D eigenvalue weighted by atomic mass is 19.1. The number of nitrogens with zero attached hydrogens (tertiary/aromatic N) is 3. The fourth-order valence-electron chi connectivity index (χ4n) is 2.82. The standard InChI is InChI=1S/C11H14FN3/c1-11(2)7-4-15(5-8(7)11)10-3-9(12)13-6-14-10/h3,6-8H,4-5H2,1-2H3. The fourth-order valence-corrected chi connectivity index (χ4v) is 2.82. The van der Waals surface area contributed by atoms with E-state index in [0.717, 1.165) is 30.7 Å². The third-order valence-corrected chi connectivity index (χ3v) is 4.07. The van der Waals surface area contributed by atoms with E-state index < -0.39 is 5.95 Å². The number of anilines is 1. The van der Waals surface area contributed by atoms with Gasteiger partial charge in [0.05, 0.1) is 0 Å². The van der Waals surface area contributed by atoms with Crippen molar-refractivity contribution in [2.75, 3.05) is 18.0 Å². The first-order valence-electron chi connectivity index (χ1n) is 5.31. The Hall–Kier alpha value is -1.19. The molecule has 2 heterocycles. The van der Waals surface area contributed by atoms with E-state index in [0.29, 0.717) is 5.41 Å². The van der Waals surface area contributed by atoms with Crippen molar-refractivity contribution in [3.05, 3.63) is 18.3 Å². The van der Waals surface area contributed by atoms with Gasteiger partial charge >= 0.3 is 0 Å². The van der Waals surface area contributed by atoms with E-state index in [4.69, 9.17) is 0 Å². The Kier molecular flexibility index (Phi) is 1.62. The molecule has 1 aromatic heterocycles. The van der Waals surface area contributed by atoms with Crippen molar-refractivity contribution < 1.29 is 4.39 Å². The molecule has 1 saturated heterocycles. The van der Waals surface area contributed by atoms with Gasteiger partial charge in [-0.1, -0.05) is 13.8 Å². The van der Waals surface area contributed by atoms with Gasteiger partial charge in [-0.3, -0.25) is 0 Å². The third-order valence-electron chi connectivity index (χ3n) is 4.07. The van der Waals surface area contributed by atoms with Crippen molar-refractivity contribution in [2.24, 2.45) is 17.3 Å². The van der Waals surface area contributed by atoms with Crippen LogP contribution in [0.5, 0.6) is 0 Å². The maximum Gasteiger partial charge on any atom is 0.218 e. The molecule has 2 fully saturated rings. The lowest BCUT2D eigenvalue weighted by Crippen LogP contribution is -2.27. The molecule has 0 aromatic carbocycles. The van der Waals surface area contributed by atoms with E-state index in [2.05, 4.69) is 28.7 Å². The van der Waals surface area contributed by atoms with Gasteiger partial charge in [-0.05, 0) is 17.3 Å². The largest absolute Gasteiger partial charge is 0.356 e. The maximum atomic E-state index is 12.9. The molecule has 80 valence electrons. The van der Waals surface area contributed by atoms with Gasteiger partial charge in [0.1, 0.15) is 12.1 Å². The summed E-state index contributed by atoms with van der Waals surface area (Å²) in [4.78, 5) is 9.72. The Morgan fingerprint density at radius 2 is 2.00 bits per heavy atom. The highest BCUT2D eigenvalue weighted by Crippen LogP contribution is 2.62. The van der Waals surface area contributed by atoms with Crippen LogP contribution in [0.2, 0.25) is 0 Å². The van der Waals surface area contributed by atoms with Crippen LogP contribution in [0.1, 0.15) is 13.8 Å². The van der Waals surface area contributed by atoms with Crippen molar-refractivity contribution in [3.63, 3.8) is 0 Å². The monoisotopic (exact) mass is 207 g/mol. The molecule has 0 N–H and O–H groups in total. The smallest absolute Gasteiger partial charge is 0.218 e. The Labute approximate surface area is 88.3 Å². The van der Waals surface area contributed by atoms with Crippen LogP contribution >= 0.6 is 0 Å². The van der Waals surface area contributed by atoms with Gasteiger partial charge in [0.2, 0.25) is 5.95 Å². The average Bonchev–Trinajstić information content (AvgIpc) is 2.63. The summed E-state index contributed by atoms with van der Waals surface area (Å²) in [5, 5.41) is 0. The highest BCUT2D eigenvalue weighted by Gasteiger charge is 2.62. The summed E-state index contributed by atoms with van der Waals surface area (Å²) in [6.07, 6.45) is 1.29. The highest BCUT2D eigenvalue weighted by molar-refractivity contribution is 5.41. The van der Waals surface area contributed by atoms with E-state index in [1.165, 1.54) is 12.4 Å². The van der Waals surface area contributed by atoms with Crippen molar-refractivity contribution in [2.45, 2.75) is 13.8 Å². The van der Waals surface area contributed by atoms with Gasteiger partial charge in [-0.15, -0.1) is 0 Å². The summed E-state index contributed by atoms with van der Waals surface area (Å²) in [6.45, 7) is 6.63. The zero-order chi connectivity index (χ0) is 10.6. The molecule has 1 saturated carbocycles. The summed E-state index contributed by atoms with van der Waals surface area (Å²) in [5.74, 6) is 1.80. The second-order valence-electron chi connectivity index (χ2n) is 5.14. The van der Waals surface area contributed by atoms with Gasteiger partial charge in [-0.2, -0.15) is 4.39 Å². The number of rotatable bonds is 1. The first kappa shape index (κ1) is 9.07. The molecule has 15 heavy (non-hydrogen) atoms. The minimum Gasteiger partial charge on any atom is -0.356 e. The van der Waals surface area contributed by atoms with Gasteiger partial charge in [0, 0.05) is 19.2 Å². The van der Waals surface area contributed by atoms with E-state index in [9.17, 15) is 4.39 Å². The van der Waals surface area contributed by atoms with Gasteiger partial charge in [0.25, 0.3) is 0 Å². The Morgan fingerprint density at radius 1 is 1.33 bits per heavy atom. The van der Waals surface area contributed by atoms with Crippen molar-refractivity contribution in [1.82, 2.24) is 9.97 Å². The quantitative estimate of drug-likeness (QED) is 0.656. The molecule has 0 bridgehead atoms. The van der Waals surface area contributed by atoms with Crippen molar-refractivity contribution in [3.8, 4) is 0 Å². The zero-order valence-electron chi connectivity index (χ0n) is 8.94. The lowest BCUT2D eigenvalue weighted by atomic mass is 10.1. The topological polar surface area (TPSA) is 29.0 Å². The molecule has 0 amide bonds. The van der Waals surface area contributed by atoms with E-state index in [1.54, 1.807) is 0 Å². The predicted molar refractivity (Wildman–Crippen MR) is 55.0 cm³/mol. The van der Waals surface area contributed by atoms with Crippen LogP contribution in [0.3, 0.4) is 0 Å². The minimum atomic E-state index is -0.445. The number of fused-ring (bicyclic) bond motifs is 1. The van der Waals surface area contributed by atoms with Crippen LogP contribution in [-0.4, -0.2) is 23.1 Å². The Morgan fingerprint density at radius 3 is 2.60 bits per heavy atom. The Balaban J connectivity index is 1.78. The molecular weight excluding hydrogens is 193 g/mol. The molecule has 3 rings (SSSR count). The van der Waals surface area contributed by atoms with Gasteiger partial charge < -0.3 is 4.90 Å². The normalized spacial score (nSPS) is 31.5. The van der Waals surface area contributed by atoms with E-state index >= 15 is 0 Å². The molecule has 2 atom stereocenters. The van der Waals surface area contributed by atoms with Crippen LogP contribution in [0, 0.1) is 23.2 Å². The number of aromatic nitrogens is 2. The number of halogens is 1. The predicted octanol–water partition coefficient (Wildman–Crippen LogP) is 1.71. The summed E-state index contributed by atoms with van der Waals surface area (Å²) >= 11 is 0. The molecule has 0 spiro atoms. The lowest BCUT2D eigenvalue weighted by molar-refractivity contribution is 0.497. The minimum absolute atomic E-state index is 0.445. The molecular formula is C11H14FN3. The van der Waals surface area contributed by atoms with Crippen LogP contribution in [-0.2, 0) is 0 Å². The summed E-state index contributed by atoms with van der Waals surface area (Å²) in [5.41, 5.74) is 0.488. The molecule has 1 aliphatic heterocycles. The first-order valence-corrected chi connectivity index (χ1v) is 5.31. The molecule has 3 nitrogen and oxygen atoms in total. The van der Waals surface area contributed by atoms with Gasteiger partial charge in [0.15, 0.2) is 0 Å². The summed E-state index contributed by atoms with van der Waals surface area (Å²) in [7, 11) is 0. The second-order valence-corrected chi connectivity index (χ2v) is 5.14. The van der Waals surface area contributed by atoms with E-state index in [-0.39, 0.29) is 0 Å². The molecule has 0 radical (unpaired) electrons. The van der Waals surface area contributed by atoms with E-state index in [1.807, 2.05) is 0 Å². The van der Waals surface area contributed by atoms with Crippen LogP contribution in [0.4, 0.5) is 10.2 Å². The molecule has 1 aromatic rings. The molecule has 4 heteroatoms. The molecule has 2 unspecified atom stereocenters. The van der Waals surface area contributed by atoms with Crippen LogP contribution in [0.25, 0.3) is 0 Å². The van der Waals surface area contributed by atoms with Crippen LogP contribution < -0.4 is 4.90 Å². The summed E-state index contributed by atoms with van der Waals surface area (Å²) < 4.78 is 12.9. The number of hydrogen-bond acceptors (Lipinski definition) is 3. The summed E-state index contributed by atoms with van der Waals surface area (Å²) in [6, 6.07) is 1.41. The fraction of sp³-hybridized carbons (Fsp3) is 0.636. The first-order chi connectivity index (χ1) is 7.09. The van der Waals surface area contributed by atoms with Crippen molar-refractivity contribution >= 4 is 5.82 Å². The maximum absolute atomic E-state index is 12.9. The Bertz CT molecular complexity index is 391. The zero-order valence-corrected chi connectivity index (χ0v) is 8.94. The van der Waals surface area contributed by atoms with Crippen LogP contribution in [0.15, 0.2) is 12.4 Å². The molecule has 2 aliphatic rings. The molecule has 1 aliphatic carbocycles. The number of piperidine rings is 1. The number of hydrogen-bond donors (Lipinski definition) is 0. The lowest BCUT2D eigenvalue weighted by Gasteiger charge is -2.22. The van der Waals surface area contributed by atoms with Gasteiger partial charge in [-0.25, -0.2) is 9.97 Å². The third kappa shape index (κ3) is 1.24. The average molecular weight is 207 g/mol. The van der Waals surface area contributed by atoms with Crippen molar-refractivity contribution in [1.29, 1.82) is 0 Å².